The van der Waals surface area contributed by atoms with Gasteiger partial charge in [0.2, 0.25) is 5.91 Å². The molecular formula is C12H24N4O. The number of amides is 1. The Hall–Kier alpha value is -1.26. The second-order valence-corrected chi connectivity index (χ2v) is 4.92. The summed E-state index contributed by atoms with van der Waals surface area (Å²) in [4.78, 5) is 19.7. The van der Waals surface area contributed by atoms with Crippen molar-refractivity contribution in [2.45, 2.75) is 32.7 Å². The summed E-state index contributed by atoms with van der Waals surface area (Å²) in [5.41, 5.74) is 0. The van der Waals surface area contributed by atoms with Crippen molar-refractivity contribution < 1.29 is 4.79 Å². The zero-order valence-electron chi connectivity index (χ0n) is 11.4. The largest absolute Gasteiger partial charge is 0.354 e. The lowest BCUT2D eigenvalue weighted by Crippen LogP contribution is -2.43. The van der Waals surface area contributed by atoms with Crippen LogP contribution in [-0.4, -0.2) is 61.4 Å². The molecule has 0 aromatic heterocycles. The molecule has 1 rings (SSSR count). The van der Waals surface area contributed by atoms with Crippen LogP contribution in [0.15, 0.2) is 4.99 Å². The summed E-state index contributed by atoms with van der Waals surface area (Å²) >= 11 is 0. The molecule has 0 saturated carbocycles. The average Bonchev–Trinajstić information content (AvgIpc) is 2.76. The quantitative estimate of drug-likeness (QED) is 0.578. The molecule has 5 nitrogen and oxygen atoms in total. The second kappa shape index (κ2) is 6.47. The van der Waals surface area contributed by atoms with Crippen molar-refractivity contribution in [3.63, 3.8) is 0 Å². The molecule has 0 atom stereocenters. The average molecular weight is 240 g/mol. The highest BCUT2D eigenvalue weighted by molar-refractivity contribution is 5.85. The van der Waals surface area contributed by atoms with Gasteiger partial charge in [-0.25, -0.2) is 4.99 Å². The van der Waals surface area contributed by atoms with Gasteiger partial charge < -0.3 is 15.1 Å². The van der Waals surface area contributed by atoms with E-state index in [0.29, 0.717) is 6.04 Å². The molecule has 0 aromatic rings. The molecule has 0 aromatic carbocycles. The summed E-state index contributed by atoms with van der Waals surface area (Å²) in [6.07, 6.45) is 2.42. The molecule has 0 unspecified atom stereocenters. The maximum Gasteiger partial charge on any atom is 0.243 e. The van der Waals surface area contributed by atoms with Crippen LogP contribution < -0.4 is 5.32 Å². The SMILES string of the molecule is CC(C)NC(=NCC(=O)N(C)C)N1CCCC1. The molecule has 0 aliphatic carbocycles. The molecular weight excluding hydrogens is 216 g/mol. The number of nitrogens with zero attached hydrogens (tertiary/aromatic N) is 3. The molecule has 1 fully saturated rings. The molecule has 1 amide bonds. The van der Waals surface area contributed by atoms with Crippen LogP contribution in [0.1, 0.15) is 26.7 Å². The highest BCUT2D eigenvalue weighted by Gasteiger charge is 2.17. The van der Waals surface area contributed by atoms with Crippen molar-refractivity contribution in [2.75, 3.05) is 33.7 Å². The predicted octanol–water partition coefficient (Wildman–Crippen LogP) is 0.524. The Labute approximate surface area is 104 Å². The third kappa shape index (κ3) is 4.63. The number of carbonyl (C=O) groups is 1. The van der Waals surface area contributed by atoms with Crippen LogP contribution in [-0.2, 0) is 4.79 Å². The van der Waals surface area contributed by atoms with Crippen molar-refractivity contribution in [1.82, 2.24) is 15.1 Å². The van der Waals surface area contributed by atoms with Gasteiger partial charge in [0.15, 0.2) is 5.96 Å². The van der Waals surface area contributed by atoms with Crippen LogP contribution >= 0.6 is 0 Å². The summed E-state index contributed by atoms with van der Waals surface area (Å²) in [5, 5.41) is 3.32. The fourth-order valence-corrected chi connectivity index (χ4v) is 1.71. The molecule has 17 heavy (non-hydrogen) atoms. The van der Waals surface area contributed by atoms with Gasteiger partial charge in [-0.1, -0.05) is 0 Å². The van der Waals surface area contributed by atoms with Crippen LogP contribution in [0, 0.1) is 0 Å². The molecule has 5 heteroatoms. The van der Waals surface area contributed by atoms with Crippen LogP contribution in [0.25, 0.3) is 0 Å². The lowest BCUT2D eigenvalue weighted by atomic mass is 10.4. The lowest BCUT2D eigenvalue weighted by Gasteiger charge is -2.23. The number of hydrogen-bond acceptors (Lipinski definition) is 2. The van der Waals surface area contributed by atoms with Crippen LogP contribution in [0.3, 0.4) is 0 Å². The molecule has 1 N–H and O–H groups in total. The standard InChI is InChI=1S/C12H24N4O/c1-10(2)14-12(16-7-5-6-8-16)13-9-11(17)15(3)4/h10H,5-9H2,1-4H3,(H,13,14). The van der Waals surface area contributed by atoms with Gasteiger partial charge in [0, 0.05) is 33.2 Å². The van der Waals surface area contributed by atoms with Crippen molar-refractivity contribution in [3.8, 4) is 0 Å². The van der Waals surface area contributed by atoms with Crippen LogP contribution in [0.4, 0.5) is 0 Å². The molecule has 98 valence electrons. The Morgan fingerprint density at radius 2 is 1.94 bits per heavy atom. The van der Waals surface area contributed by atoms with Gasteiger partial charge in [-0.2, -0.15) is 0 Å². The van der Waals surface area contributed by atoms with Crippen molar-refractivity contribution in [2.24, 2.45) is 4.99 Å². The molecule has 1 aliphatic rings. The number of rotatable bonds is 3. The molecule has 1 heterocycles. The maximum absolute atomic E-state index is 11.5. The number of nitrogens with one attached hydrogen (secondary N) is 1. The van der Waals surface area contributed by atoms with Gasteiger partial charge in [-0.15, -0.1) is 0 Å². The highest BCUT2D eigenvalue weighted by Crippen LogP contribution is 2.07. The smallest absolute Gasteiger partial charge is 0.243 e. The Morgan fingerprint density at radius 1 is 1.35 bits per heavy atom. The van der Waals surface area contributed by atoms with Crippen molar-refractivity contribution in [3.05, 3.63) is 0 Å². The summed E-state index contributed by atoms with van der Waals surface area (Å²) in [6, 6.07) is 0.337. The van der Waals surface area contributed by atoms with Gasteiger partial charge >= 0.3 is 0 Å². The van der Waals surface area contributed by atoms with Crippen LogP contribution in [0.5, 0.6) is 0 Å². The zero-order chi connectivity index (χ0) is 12.8. The van der Waals surface area contributed by atoms with Crippen molar-refractivity contribution in [1.29, 1.82) is 0 Å². The number of likely N-dealkylation sites (N-methyl/N-ethyl adjacent to an activating group) is 1. The summed E-state index contributed by atoms with van der Waals surface area (Å²) in [6.45, 7) is 6.46. The highest BCUT2D eigenvalue weighted by atomic mass is 16.2. The minimum absolute atomic E-state index is 0.0345. The van der Waals surface area contributed by atoms with E-state index >= 15 is 0 Å². The Kier molecular flexibility index (Phi) is 5.25. The van der Waals surface area contributed by atoms with E-state index < -0.39 is 0 Å². The minimum Gasteiger partial charge on any atom is -0.354 e. The summed E-state index contributed by atoms with van der Waals surface area (Å²) in [7, 11) is 3.51. The number of likely N-dealkylation sites (tertiary alicyclic amines) is 1. The summed E-state index contributed by atoms with van der Waals surface area (Å²) in [5.74, 6) is 0.903. The fraction of sp³-hybridized carbons (Fsp3) is 0.833. The first kappa shape index (κ1) is 13.8. The first-order chi connectivity index (χ1) is 8.00. The molecule has 0 radical (unpaired) electrons. The predicted molar refractivity (Wildman–Crippen MR) is 70.1 cm³/mol. The zero-order valence-corrected chi connectivity index (χ0v) is 11.4. The maximum atomic E-state index is 11.5. The number of carbonyl (C=O) groups excluding carboxylic acids is 1. The van der Waals surface area contributed by atoms with Gasteiger partial charge in [0.05, 0.1) is 0 Å². The fourth-order valence-electron chi connectivity index (χ4n) is 1.71. The lowest BCUT2D eigenvalue weighted by molar-refractivity contribution is -0.127. The Morgan fingerprint density at radius 3 is 2.41 bits per heavy atom. The van der Waals surface area contributed by atoms with Gasteiger partial charge in [0.1, 0.15) is 6.54 Å². The molecule has 1 saturated heterocycles. The van der Waals surface area contributed by atoms with E-state index in [0.717, 1.165) is 19.0 Å². The second-order valence-electron chi connectivity index (χ2n) is 4.92. The van der Waals surface area contributed by atoms with Gasteiger partial charge in [-0.3, -0.25) is 4.79 Å². The monoisotopic (exact) mass is 240 g/mol. The third-order valence-corrected chi connectivity index (χ3v) is 2.69. The molecule has 1 aliphatic heterocycles. The number of guanidine groups is 1. The third-order valence-electron chi connectivity index (χ3n) is 2.69. The normalized spacial score (nSPS) is 16.5. The van der Waals surface area contributed by atoms with Crippen LogP contribution in [0.2, 0.25) is 0 Å². The van der Waals surface area contributed by atoms with Crippen molar-refractivity contribution >= 4 is 11.9 Å². The van der Waals surface area contributed by atoms with E-state index in [4.69, 9.17) is 0 Å². The van der Waals surface area contributed by atoms with E-state index in [1.165, 1.54) is 12.8 Å². The first-order valence-corrected chi connectivity index (χ1v) is 6.26. The van der Waals surface area contributed by atoms with E-state index in [1.807, 2.05) is 0 Å². The van der Waals surface area contributed by atoms with E-state index in [-0.39, 0.29) is 12.5 Å². The molecule has 0 spiro atoms. The van der Waals surface area contributed by atoms with E-state index in [9.17, 15) is 4.79 Å². The van der Waals surface area contributed by atoms with E-state index in [2.05, 4.69) is 29.1 Å². The van der Waals surface area contributed by atoms with Gasteiger partial charge in [0.25, 0.3) is 0 Å². The Balaban J connectivity index is 2.61. The summed E-state index contributed by atoms with van der Waals surface area (Å²) < 4.78 is 0. The minimum atomic E-state index is 0.0345. The van der Waals surface area contributed by atoms with E-state index in [1.54, 1.807) is 19.0 Å². The number of aliphatic imine (C=N–C) groups is 1. The van der Waals surface area contributed by atoms with Gasteiger partial charge in [-0.05, 0) is 26.7 Å². The Bertz CT molecular complexity index is 280. The first-order valence-electron chi connectivity index (χ1n) is 6.26. The molecule has 0 bridgehead atoms. The topological polar surface area (TPSA) is 47.9 Å². The number of hydrogen-bond donors (Lipinski definition) is 1.